The maximum atomic E-state index is 12.9. The van der Waals surface area contributed by atoms with E-state index in [-0.39, 0.29) is 31.1 Å². The number of esters is 3. The number of hydrogen-bond acceptors (Lipinski definition) is 6. The van der Waals surface area contributed by atoms with Crippen LogP contribution in [-0.4, -0.2) is 37.2 Å². The summed E-state index contributed by atoms with van der Waals surface area (Å²) in [5, 5.41) is 0. The van der Waals surface area contributed by atoms with Crippen LogP contribution >= 0.6 is 0 Å². The van der Waals surface area contributed by atoms with Crippen LogP contribution in [0.25, 0.3) is 0 Å². The lowest BCUT2D eigenvalue weighted by molar-refractivity contribution is -0.167. The number of carbonyl (C=O) groups excluding carboxylic acids is 3. The predicted molar refractivity (Wildman–Crippen MR) is 320 cm³/mol. The Hall–Kier alpha value is -3.93. The molecule has 6 nitrogen and oxygen atoms in total. The van der Waals surface area contributed by atoms with Gasteiger partial charge in [0.1, 0.15) is 13.2 Å². The molecule has 0 rings (SSSR count). The van der Waals surface area contributed by atoms with Gasteiger partial charge in [-0.1, -0.05) is 246 Å². The number of rotatable bonds is 55. The quantitative estimate of drug-likeness (QED) is 0.0261. The first-order valence-electron chi connectivity index (χ1n) is 30.9. The lowest BCUT2D eigenvalue weighted by atomic mass is 10.1. The molecule has 0 bridgehead atoms. The Morgan fingerprint density at radius 1 is 0.284 bits per heavy atom. The van der Waals surface area contributed by atoms with Gasteiger partial charge in [0.2, 0.25) is 0 Å². The third-order valence-electron chi connectivity index (χ3n) is 13.0. The van der Waals surface area contributed by atoms with Crippen molar-refractivity contribution < 1.29 is 28.6 Å². The number of ether oxygens (including phenoxy) is 3. The Kier molecular flexibility index (Phi) is 58.3. The molecule has 0 fully saturated rings. The summed E-state index contributed by atoms with van der Waals surface area (Å²) in [6, 6.07) is 0. The molecule has 0 spiro atoms. The highest BCUT2D eigenvalue weighted by Gasteiger charge is 2.19. The predicted octanol–water partition coefficient (Wildman–Crippen LogP) is 21.0. The van der Waals surface area contributed by atoms with Gasteiger partial charge in [-0.2, -0.15) is 0 Å². The van der Waals surface area contributed by atoms with Crippen molar-refractivity contribution in [1.29, 1.82) is 0 Å². The highest BCUT2D eigenvalue weighted by molar-refractivity contribution is 5.71. The molecule has 0 aliphatic rings. The van der Waals surface area contributed by atoms with E-state index in [1.54, 1.807) is 0 Å². The molecule has 422 valence electrons. The minimum atomic E-state index is -0.805. The zero-order valence-electron chi connectivity index (χ0n) is 48.3. The van der Waals surface area contributed by atoms with Crippen LogP contribution < -0.4 is 0 Å². The largest absolute Gasteiger partial charge is 0.462 e. The van der Waals surface area contributed by atoms with Crippen molar-refractivity contribution in [1.82, 2.24) is 0 Å². The molecule has 0 aliphatic heterocycles. The molecule has 1 unspecified atom stereocenters. The molecule has 6 heteroatoms. The summed E-state index contributed by atoms with van der Waals surface area (Å²) in [6.45, 7) is 6.47. The van der Waals surface area contributed by atoms with Crippen molar-refractivity contribution in [2.45, 2.75) is 290 Å². The van der Waals surface area contributed by atoms with Crippen molar-refractivity contribution in [3.05, 3.63) is 109 Å². The maximum Gasteiger partial charge on any atom is 0.306 e. The summed E-state index contributed by atoms with van der Waals surface area (Å²) in [7, 11) is 0. The Morgan fingerprint density at radius 3 is 0.865 bits per heavy atom. The molecule has 0 amide bonds. The Bertz CT molecular complexity index is 1510. The summed E-state index contributed by atoms with van der Waals surface area (Å²) >= 11 is 0. The number of unbranched alkanes of at least 4 members (excludes halogenated alkanes) is 26. The zero-order chi connectivity index (χ0) is 53.6. The SMILES string of the molecule is CC/C=C\C/C=C\C/C=C\C/C=C\C/C=C\C/C=C\CCCCC(=O)OCC(COC(=O)CCCCCCC/C=C\CCCCCCC)OC(=O)CCCCCCCCCCC/C=C\C/C=C\CCCCCCC. The normalized spacial score (nSPS) is 12.9. The summed E-state index contributed by atoms with van der Waals surface area (Å²) in [5.74, 6) is -0.951. The lowest BCUT2D eigenvalue weighted by Gasteiger charge is -2.18. The standard InChI is InChI=1S/C68H114O6/c1-4-7-10-13-16-19-22-25-28-30-32-34-36-38-40-43-46-49-52-55-58-61-67(70)73-64-65(63-72-66(69)60-57-54-51-48-45-42-27-24-21-18-15-12-9-6-3)74-68(71)62-59-56-53-50-47-44-41-39-37-35-33-31-29-26-23-20-17-14-11-8-5-2/h7,10,16,19,23-28,31-34,38,40,46,49,65H,4-6,8-9,11-15,17-18,20-22,29-30,35-37,39,41-45,47-48,50-64H2,1-3H3/b10-7-,19-16-,26-23-,27-24-,28-25-,33-31-,34-32-,40-38-,49-46-. The first-order valence-corrected chi connectivity index (χ1v) is 30.9. The maximum absolute atomic E-state index is 12.9. The molecule has 0 aliphatic carbocycles. The Morgan fingerprint density at radius 2 is 0.527 bits per heavy atom. The van der Waals surface area contributed by atoms with E-state index >= 15 is 0 Å². The van der Waals surface area contributed by atoms with Crippen LogP contribution in [0, 0.1) is 0 Å². The summed E-state index contributed by atoms with van der Waals surface area (Å²) in [5.41, 5.74) is 0. The molecule has 0 aromatic heterocycles. The summed E-state index contributed by atoms with van der Waals surface area (Å²) in [4.78, 5) is 38.3. The van der Waals surface area contributed by atoms with E-state index in [4.69, 9.17) is 14.2 Å². The van der Waals surface area contributed by atoms with Gasteiger partial charge in [-0.05, 0) is 128 Å². The van der Waals surface area contributed by atoms with E-state index in [9.17, 15) is 14.4 Å². The topological polar surface area (TPSA) is 78.9 Å². The molecular formula is C68H114O6. The lowest BCUT2D eigenvalue weighted by Crippen LogP contribution is -2.30. The molecule has 0 saturated heterocycles. The molecule has 0 radical (unpaired) electrons. The molecule has 74 heavy (non-hydrogen) atoms. The molecule has 0 heterocycles. The van der Waals surface area contributed by atoms with Crippen LogP contribution in [0.2, 0.25) is 0 Å². The number of allylic oxidation sites excluding steroid dienone is 18. The van der Waals surface area contributed by atoms with Crippen molar-refractivity contribution in [2.24, 2.45) is 0 Å². The van der Waals surface area contributed by atoms with Crippen LogP contribution in [0.5, 0.6) is 0 Å². The molecule has 0 aromatic rings. The first-order chi connectivity index (χ1) is 36.5. The second-order valence-corrected chi connectivity index (χ2v) is 20.2. The van der Waals surface area contributed by atoms with Gasteiger partial charge in [0.15, 0.2) is 6.10 Å². The van der Waals surface area contributed by atoms with Crippen molar-refractivity contribution in [2.75, 3.05) is 13.2 Å². The monoisotopic (exact) mass is 1030 g/mol. The molecular weight excluding hydrogens is 913 g/mol. The fourth-order valence-corrected chi connectivity index (χ4v) is 8.35. The van der Waals surface area contributed by atoms with Crippen LogP contribution in [0.1, 0.15) is 284 Å². The van der Waals surface area contributed by atoms with Crippen molar-refractivity contribution in [3.63, 3.8) is 0 Å². The average molecular weight is 1030 g/mol. The van der Waals surface area contributed by atoms with Gasteiger partial charge in [0.05, 0.1) is 0 Å². The average Bonchev–Trinajstić information content (AvgIpc) is 3.40. The van der Waals surface area contributed by atoms with Gasteiger partial charge in [0.25, 0.3) is 0 Å². The van der Waals surface area contributed by atoms with Crippen LogP contribution in [0.4, 0.5) is 0 Å². The minimum Gasteiger partial charge on any atom is -0.462 e. The van der Waals surface area contributed by atoms with E-state index in [1.165, 1.54) is 128 Å². The van der Waals surface area contributed by atoms with Crippen LogP contribution in [0.15, 0.2) is 109 Å². The van der Waals surface area contributed by atoms with E-state index in [1.807, 2.05) is 0 Å². The van der Waals surface area contributed by atoms with Gasteiger partial charge in [-0.25, -0.2) is 0 Å². The van der Waals surface area contributed by atoms with Crippen LogP contribution in [-0.2, 0) is 28.6 Å². The third kappa shape index (κ3) is 59.0. The fraction of sp³-hybridized carbons (Fsp3) is 0.691. The van der Waals surface area contributed by atoms with Gasteiger partial charge < -0.3 is 14.2 Å². The highest BCUT2D eigenvalue weighted by atomic mass is 16.6. The third-order valence-corrected chi connectivity index (χ3v) is 13.0. The number of carbonyl (C=O) groups is 3. The van der Waals surface area contributed by atoms with Crippen molar-refractivity contribution in [3.8, 4) is 0 Å². The van der Waals surface area contributed by atoms with Crippen LogP contribution in [0.3, 0.4) is 0 Å². The molecule has 0 aromatic carbocycles. The van der Waals surface area contributed by atoms with Gasteiger partial charge in [0, 0.05) is 19.3 Å². The van der Waals surface area contributed by atoms with E-state index in [0.29, 0.717) is 19.3 Å². The zero-order valence-corrected chi connectivity index (χ0v) is 48.3. The van der Waals surface area contributed by atoms with E-state index in [2.05, 4.69) is 130 Å². The molecule has 0 N–H and O–H groups in total. The number of hydrogen-bond donors (Lipinski definition) is 0. The molecule has 1 atom stereocenters. The van der Waals surface area contributed by atoms with E-state index in [0.717, 1.165) is 116 Å². The fourth-order valence-electron chi connectivity index (χ4n) is 8.35. The van der Waals surface area contributed by atoms with Gasteiger partial charge in [-0.3, -0.25) is 14.4 Å². The smallest absolute Gasteiger partial charge is 0.306 e. The van der Waals surface area contributed by atoms with Crippen molar-refractivity contribution >= 4 is 17.9 Å². The Labute approximate surface area is 457 Å². The first kappa shape index (κ1) is 70.1. The Balaban J connectivity index is 4.47. The minimum absolute atomic E-state index is 0.0988. The van der Waals surface area contributed by atoms with E-state index < -0.39 is 6.10 Å². The van der Waals surface area contributed by atoms with Gasteiger partial charge >= 0.3 is 17.9 Å². The highest BCUT2D eigenvalue weighted by Crippen LogP contribution is 2.15. The second-order valence-electron chi connectivity index (χ2n) is 20.2. The van der Waals surface area contributed by atoms with Gasteiger partial charge in [-0.15, -0.1) is 0 Å². The molecule has 0 saturated carbocycles. The summed E-state index contributed by atoms with van der Waals surface area (Å²) in [6.07, 6.45) is 83.7. The second kappa shape index (κ2) is 61.6. The summed E-state index contributed by atoms with van der Waals surface area (Å²) < 4.78 is 16.9.